The van der Waals surface area contributed by atoms with Crippen LogP contribution in [0.4, 0.5) is 0 Å². The first kappa shape index (κ1) is 12.0. The summed E-state index contributed by atoms with van der Waals surface area (Å²) in [7, 11) is 0. The predicted octanol–water partition coefficient (Wildman–Crippen LogP) is 3.13. The summed E-state index contributed by atoms with van der Waals surface area (Å²) in [5.74, 6) is 0.00140. The van der Waals surface area contributed by atoms with Crippen LogP contribution in [-0.2, 0) is 4.79 Å². The highest BCUT2D eigenvalue weighted by atomic mass is 16.1. The number of carbonyl (C=O) groups is 2. The van der Waals surface area contributed by atoms with Gasteiger partial charge in [-0.05, 0) is 11.6 Å². The third-order valence-corrected chi connectivity index (χ3v) is 2.58. The van der Waals surface area contributed by atoms with Crippen molar-refractivity contribution in [1.82, 2.24) is 0 Å². The van der Waals surface area contributed by atoms with Gasteiger partial charge in [0.15, 0.2) is 5.78 Å². The molecule has 0 bridgehead atoms. The molecule has 88 valence electrons. The van der Waals surface area contributed by atoms with E-state index in [0.717, 1.165) is 11.8 Å². The first-order valence-corrected chi connectivity index (χ1v) is 5.63. The second kappa shape index (κ2) is 5.73. The molecule has 0 N–H and O–H groups in total. The fraction of sp³-hybridized carbons (Fsp3) is 0. The third kappa shape index (κ3) is 2.80. The van der Waals surface area contributed by atoms with E-state index in [0.29, 0.717) is 11.1 Å². The van der Waals surface area contributed by atoms with Crippen molar-refractivity contribution in [3.63, 3.8) is 0 Å². The molecule has 0 fully saturated rings. The predicted molar refractivity (Wildman–Crippen MR) is 71.4 cm³/mol. The summed E-state index contributed by atoms with van der Waals surface area (Å²) < 4.78 is 0. The number of hydrogen-bond acceptors (Lipinski definition) is 2. The minimum Gasteiger partial charge on any atom is -0.299 e. The maximum atomic E-state index is 12.1. The normalized spacial score (nSPS) is 10.4. The molecule has 0 spiro atoms. The van der Waals surface area contributed by atoms with Gasteiger partial charge in [-0.15, -0.1) is 0 Å². The van der Waals surface area contributed by atoms with Gasteiger partial charge in [-0.3, -0.25) is 9.59 Å². The zero-order valence-electron chi connectivity index (χ0n) is 9.74. The summed E-state index contributed by atoms with van der Waals surface area (Å²) in [4.78, 5) is 22.3. The molecule has 0 unspecified atom stereocenters. The molecule has 2 heteroatoms. The molecule has 0 amide bonds. The largest absolute Gasteiger partial charge is 0.299 e. The maximum absolute atomic E-state index is 12.1. The summed E-state index contributed by atoms with van der Waals surface area (Å²) in [5, 5.41) is 0. The van der Waals surface area contributed by atoms with Crippen molar-refractivity contribution >= 4 is 18.1 Å². The lowest BCUT2D eigenvalue weighted by Gasteiger charge is -2.01. The molecule has 0 atom stereocenters. The first-order valence-electron chi connectivity index (χ1n) is 5.63. The molecule has 0 radical (unpaired) electrons. The van der Waals surface area contributed by atoms with Crippen LogP contribution in [0.25, 0.3) is 6.08 Å². The van der Waals surface area contributed by atoms with Gasteiger partial charge < -0.3 is 0 Å². The first-order chi connectivity index (χ1) is 8.81. The number of carbonyl (C=O) groups excluding carboxylic acids is 2. The van der Waals surface area contributed by atoms with Gasteiger partial charge in [0.05, 0.1) is 0 Å². The van der Waals surface area contributed by atoms with Crippen molar-refractivity contribution in [2.75, 3.05) is 0 Å². The molecule has 0 aromatic heterocycles. The molecule has 2 aromatic carbocycles. The Hall–Kier alpha value is -2.48. The van der Waals surface area contributed by atoms with E-state index in [2.05, 4.69) is 0 Å². The monoisotopic (exact) mass is 236 g/mol. The lowest BCUT2D eigenvalue weighted by molar-refractivity contribution is -0.104. The van der Waals surface area contributed by atoms with E-state index in [9.17, 15) is 9.59 Å². The van der Waals surface area contributed by atoms with Gasteiger partial charge in [0.25, 0.3) is 0 Å². The highest BCUT2D eigenvalue weighted by Crippen LogP contribution is 2.11. The quantitative estimate of drug-likeness (QED) is 0.464. The SMILES string of the molecule is O=CC=Cc1ccc(C(=O)c2ccccc2)cc1. The number of hydrogen-bond donors (Lipinski definition) is 0. The van der Waals surface area contributed by atoms with Gasteiger partial charge in [0.2, 0.25) is 0 Å². The van der Waals surface area contributed by atoms with Gasteiger partial charge in [-0.2, -0.15) is 0 Å². The van der Waals surface area contributed by atoms with Gasteiger partial charge in [-0.25, -0.2) is 0 Å². The van der Waals surface area contributed by atoms with Crippen molar-refractivity contribution in [3.8, 4) is 0 Å². The molecule has 2 aromatic rings. The van der Waals surface area contributed by atoms with Crippen LogP contribution in [0.1, 0.15) is 21.5 Å². The van der Waals surface area contributed by atoms with Crippen LogP contribution in [0.5, 0.6) is 0 Å². The highest BCUT2D eigenvalue weighted by molar-refractivity contribution is 6.09. The number of allylic oxidation sites excluding steroid dienone is 1. The van der Waals surface area contributed by atoms with Crippen molar-refractivity contribution < 1.29 is 9.59 Å². The fourth-order valence-corrected chi connectivity index (χ4v) is 1.65. The Bertz CT molecular complexity index is 566. The minimum atomic E-state index is 0.00140. The lowest BCUT2D eigenvalue weighted by Crippen LogP contribution is -2.00. The summed E-state index contributed by atoms with van der Waals surface area (Å²) in [6.07, 6.45) is 3.85. The summed E-state index contributed by atoms with van der Waals surface area (Å²) in [5.41, 5.74) is 2.21. The van der Waals surface area contributed by atoms with Crippen LogP contribution >= 0.6 is 0 Å². The molecule has 0 saturated carbocycles. The molecule has 0 aliphatic carbocycles. The Morgan fingerprint density at radius 2 is 1.44 bits per heavy atom. The number of ketones is 1. The van der Waals surface area contributed by atoms with Gasteiger partial charge in [0, 0.05) is 11.1 Å². The van der Waals surface area contributed by atoms with E-state index in [1.54, 1.807) is 30.3 Å². The van der Waals surface area contributed by atoms with Crippen LogP contribution in [0.3, 0.4) is 0 Å². The van der Waals surface area contributed by atoms with Gasteiger partial charge >= 0.3 is 0 Å². The van der Waals surface area contributed by atoms with Crippen LogP contribution in [-0.4, -0.2) is 12.1 Å². The van der Waals surface area contributed by atoms with Crippen LogP contribution in [0.15, 0.2) is 60.7 Å². The molecule has 2 nitrogen and oxygen atoms in total. The Kier molecular flexibility index (Phi) is 3.82. The van der Waals surface area contributed by atoms with Crippen molar-refractivity contribution in [1.29, 1.82) is 0 Å². The van der Waals surface area contributed by atoms with E-state index in [4.69, 9.17) is 0 Å². The van der Waals surface area contributed by atoms with E-state index in [1.807, 2.05) is 30.3 Å². The molecule has 18 heavy (non-hydrogen) atoms. The van der Waals surface area contributed by atoms with Gasteiger partial charge in [0.1, 0.15) is 6.29 Å². The maximum Gasteiger partial charge on any atom is 0.193 e. The lowest BCUT2D eigenvalue weighted by atomic mass is 10.0. The Balaban J connectivity index is 2.22. The summed E-state index contributed by atoms with van der Waals surface area (Å²) in [6.45, 7) is 0. The molecule has 0 aliphatic rings. The third-order valence-electron chi connectivity index (χ3n) is 2.58. The van der Waals surface area contributed by atoms with E-state index in [1.165, 1.54) is 6.08 Å². The second-order valence-corrected chi connectivity index (χ2v) is 3.81. The smallest absolute Gasteiger partial charge is 0.193 e. The Labute approximate surface area is 106 Å². The number of rotatable bonds is 4. The van der Waals surface area contributed by atoms with Crippen molar-refractivity contribution in [3.05, 3.63) is 77.4 Å². The Morgan fingerprint density at radius 1 is 0.833 bits per heavy atom. The van der Waals surface area contributed by atoms with E-state index < -0.39 is 0 Å². The zero-order chi connectivity index (χ0) is 12.8. The summed E-state index contributed by atoms with van der Waals surface area (Å²) in [6, 6.07) is 16.3. The molecule has 0 saturated heterocycles. The second-order valence-electron chi connectivity index (χ2n) is 3.81. The number of aldehydes is 1. The van der Waals surface area contributed by atoms with E-state index in [-0.39, 0.29) is 5.78 Å². The molecular weight excluding hydrogens is 224 g/mol. The summed E-state index contributed by atoms with van der Waals surface area (Å²) >= 11 is 0. The van der Waals surface area contributed by atoms with Crippen molar-refractivity contribution in [2.45, 2.75) is 0 Å². The molecule has 2 rings (SSSR count). The average Bonchev–Trinajstić information content (AvgIpc) is 2.46. The van der Waals surface area contributed by atoms with Crippen molar-refractivity contribution in [2.24, 2.45) is 0 Å². The fourth-order valence-electron chi connectivity index (χ4n) is 1.65. The van der Waals surface area contributed by atoms with Crippen LogP contribution < -0.4 is 0 Å². The van der Waals surface area contributed by atoms with Crippen LogP contribution in [0, 0.1) is 0 Å². The molecular formula is C16H12O2. The van der Waals surface area contributed by atoms with Crippen LogP contribution in [0.2, 0.25) is 0 Å². The molecule has 0 heterocycles. The average molecular weight is 236 g/mol. The number of benzene rings is 2. The van der Waals surface area contributed by atoms with Gasteiger partial charge in [-0.1, -0.05) is 60.7 Å². The van der Waals surface area contributed by atoms with E-state index >= 15 is 0 Å². The topological polar surface area (TPSA) is 34.1 Å². The zero-order valence-corrected chi connectivity index (χ0v) is 9.74. The standard InChI is InChI=1S/C16H12O2/c17-12-4-5-13-8-10-15(11-9-13)16(18)14-6-2-1-3-7-14/h1-12H. The minimum absolute atomic E-state index is 0.00140. The molecule has 0 aliphatic heterocycles. The highest BCUT2D eigenvalue weighted by Gasteiger charge is 2.07. The Morgan fingerprint density at radius 3 is 2.06 bits per heavy atom.